The molecule has 8 nitrogen and oxygen atoms in total. The summed E-state index contributed by atoms with van der Waals surface area (Å²) < 4.78 is 26.0. The van der Waals surface area contributed by atoms with Gasteiger partial charge in [-0.1, -0.05) is 30.5 Å². The van der Waals surface area contributed by atoms with Gasteiger partial charge in [0.05, 0.1) is 30.8 Å². The summed E-state index contributed by atoms with van der Waals surface area (Å²) in [5, 5.41) is 10.9. The van der Waals surface area contributed by atoms with Crippen LogP contribution >= 0.6 is 11.3 Å². The molecule has 0 bridgehead atoms. The van der Waals surface area contributed by atoms with Gasteiger partial charge in [0.25, 0.3) is 0 Å². The first-order valence-electron chi connectivity index (χ1n) is 10.9. The molecule has 0 saturated heterocycles. The lowest BCUT2D eigenvalue weighted by Crippen LogP contribution is -2.27. The van der Waals surface area contributed by atoms with Crippen molar-refractivity contribution in [2.75, 3.05) is 5.75 Å². The summed E-state index contributed by atoms with van der Waals surface area (Å²) in [6, 6.07) is 5.64. The summed E-state index contributed by atoms with van der Waals surface area (Å²) in [6.07, 6.45) is 3.71. The number of thiazole rings is 1. The second kappa shape index (κ2) is 11.1. The number of carboxylic acid groups (broad SMARTS) is 1. The Morgan fingerprint density at radius 3 is 2.61 bits per heavy atom. The number of aliphatic carboxylic acids is 1. The lowest BCUT2D eigenvalue weighted by molar-refractivity contribution is -0.136. The molecular formula is C23H28N2O6S2. The van der Waals surface area contributed by atoms with Crippen LogP contribution in [0.15, 0.2) is 23.6 Å². The van der Waals surface area contributed by atoms with E-state index >= 15 is 0 Å². The molecule has 1 aliphatic carbocycles. The lowest BCUT2D eigenvalue weighted by atomic mass is 9.90. The number of benzene rings is 1. The van der Waals surface area contributed by atoms with E-state index in [-0.39, 0.29) is 36.9 Å². The number of Topliss-reactive ketones (excluding diaryl/α,β-unsaturated/α-hetero) is 2. The van der Waals surface area contributed by atoms with Crippen LogP contribution in [-0.2, 0) is 39.0 Å². The topological polar surface area (TPSA) is 130 Å². The number of hydrogen-bond donors (Lipinski definition) is 2. The Hall–Kier alpha value is -2.43. The van der Waals surface area contributed by atoms with E-state index in [0.717, 1.165) is 36.8 Å². The second-order valence-corrected chi connectivity index (χ2v) is 11.3. The Morgan fingerprint density at radius 2 is 1.91 bits per heavy atom. The van der Waals surface area contributed by atoms with E-state index in [1.54, 1.807) is 5.38 Å². The fraction of sp³-hybridized carbons (Fsp3) is 0.478. The van der Waals surface area contributed by atoms with Crippen LogP contribution in [0.1, 0.15) is 64.3 Å². The molecule has 0 aliphatic heterocycles. The minimum Gasteiger partial charge on any atom is -0.481 e. The highest BCUT2D eigenvalue weighted by atomic mass is 32.2. The van der Waals surface area contributed by atoms with Crippen LogP contribution in [0.3, 0.4) is 0 Å². The largest absolute Gasteiger partial charge is 0.481 e. The van der Waals surface area contributed by atoms with Gasteiger partial charge in [-0.05, 0) is 31.4 Å². The summed E-state index contributed by atoms with van der Waals surface area (Å²) in [5.74, 6) is -1.58. The maximum absolute atomic E-state index is 13.0. The summed E-state index contributed by atoms with van der Waals surface area (Å²) in [4.78, 5) is 40.6. The van der Waals surface area contributed by atoms with E-state index in [4.69, 9.17) is 5.11 Å². The third-order valence-electron chi connectivity index (χ3n) is 5.65. The highest BCUT2D eigenvalue weighted by molar-refractivity contribution is 7.89. The van der Waals surface area contributed by atoms with E-state index in [2.05, 4.69) is 9.71 Å². The average molecular weight is 493 g/mol. The smallest absolute Gasteiger partial charge is 0.304 e. The molecule has 0 amide bonds. The van der Waals surface area contributed by atoms with Gasteiger partial charge in [-0.3, -0.25) is 14.4 Å². The van der Waals surface area contributed by atoms with Gasteiger partial charge in [0, 0.05) is 23.3 Å². The molecule has 1 aromatic heterocycles. The molecule has 0 atom stereocenters. The lowest BCUT2D eigenvalue weighted by Gasteiger charge is -2.13. The minimum atomic E-state index is -3.72. The molecule has 33 heavy (non-hydrogen) atoms. The van der Waals surface area contributed by atoms with Crippen molar-refractivity contribution in [1.82, 2.24) is 9.71 Å². The minimum absolute atomic E-state index is 0.0430. The number of aryl methyl sites for hydroxylation is 1. The van der Waals surface area contributed by atoms with Gasteiger partial charge in [-0.2, -0.15) is 0 Å². The number of ketones is 2. The third kappa shape index (κ3) is 7.55. The van der Waals surface area contributed by atoms with E-state index in [0.29, 0.717) is 16.3 Å². The first-order valence-corrected chi connectivity index (χ1v) is 13.4. The fourth-order valence-electron chi connectivity index (χ4n) is 3.91. The highest BCUT2D eigenvalue weighted by Crippen LogP contribution is 2.29. The summed E-state index contributed by atoms with van der Waals surface area (Å²) in [6.45, 7) is 1.87. The van der Waals surface area contributed by atoms with Crippen molar-refractivity contribution in [3.63, 3.8) is 0 Å². The first-order chi connectivity index (χ1) is 15.6. The predicted molar refractivity (Wildman–Crippen MR) is 125 cm³/mol. The molecule has 2 N–H and O–H groups in total. The highest BCUT2D eigenvalue weighted by Gasteiger charge is 2.26. The number of nitrogens with zero attached hydrogens (tertiary/aromatic N) is 1. The molecule has 1 fully saturated rings. The van der Waals surface area contributed by atoms with Crippen LogP contribution in [0.25, 0.3) is 0 Å². The monoisotopic (exact) mass is 492 g/mol. The Balaban J connectivity index is 1.59. The van der Waals surface area contributed by atoms with Crippen molar-refractivity contribution in [3.8, 4) is 0 Å². The van der Waals surface area contributed by atoms with E-state index in [1.165, 1.54) is 11.3 Å². The molecule has 10 heteroatoms. The Labute approximate surface area is 197 Å². The SMILES string of the molecule is Cc1ccc(CC(=O)Cc2nc(CNS(=O)(=O)CCC(=O)O)cs2)c(C(=O)C2CCCC2)c1. The molecule has 0 radical (unpaired) electrons. The van der Waals surface area contributed by atoms with Crippen molar-refractivity contribution in [2.45, 2.75) is 58.4 Å². The number of sulfonamides is 1. The van der Waals surface area contributed by atoms with Crippen LogP contribution in [0.2, 0.25) is 0 Å². The summed E-state index contributed by atoms with van der Waals surface area (Å²) >= 11 is 1.26. The van der Waals surface area contributed by atoms with Crippen LogP contribution < -0.4 is 4.72 Å². The number of carbonyl (C=O) groups excluding carboxylic acids is 2. The number of hydrogen-bond acceptors (Lipinski definition) is 7. The predicted octanol–water partition coefficient (Wildman–Crippen LogP) is 3.07. The van der Waals surface area contributed by atoms with Gasteiger partial charge in [0.1, 0.15) is 10.8 Å². The number of rotatable bonds is 12. The second-order valence-electron chi connectivity index (χ2n) is 8.41. The van der Waals surface area contributed by atoms with Crippen LogP contribution in [0, 0.1) is 12.8 Å². The molecule has 1 aliphatic rings. The van der Waals surface area contributed by atoms with E-state index < -0.39 is 28.2 Å². The van der Waals surface area contributed by atoms with Crippen LogP contribution in [0.5, 0.6) is 0 Å². The van der Waals surface area contributed by atoms with Gasteiger partial charge in [0.15, 0.2) is 5.78 Å². The zero-order valence-electron chi connectivity index (χ0n) is 18.5. The van der Waals surface area contributed by atoms with Gasteiger partial charge in [-0.15, -0.1) is 11.3 Å². The standard InChI is InChI=1S/C23H28N2O6S2/c1-15-6-7-17(20(10-15)23(29)16-4-2-3-5-16)11-19(26)12-21-25-18(14-32-21)13-24-33(30,31)9-8-22(27)28/h6-7,10,14,16,24H,2-5,8-9,11-13H2,1H3,(H,27,28). The molecule has 1 heterocycles. The van der Waals surface area contributed by atoms with Gasteiger partial charge in [0.2, 0.25) is 10.0 Å². The number of nitrogens with one attached hydrogen (secondary N) is 1. The zero-order chi connectivity index (χ0) is 24.0. The molecular weight excluding hydrogens is 464 g/mol. The molecule has 0 spiro atoms. The van der Waals surface area contributed by atoms with Gasteiger partial charge < -0.3 is 5.11 Å². The van der Waals surface area contributed by atoms with Crippen molar-refractivity contribution in [1.29, 1.82) is 0 Å². The normalized spacial score (nSPS) is 14.5. The van der Waals surface area contributed by atoms with Crippen LogP contribution in [0.4, 0.5) is 0 Å². The summed E-state index contributed by atoms with van der Waals surface area (Å²) in [7, 11) is -3.72. The maximum atomic E-state index is 13.0. The fourth-order valence-corrected chi connectivity index (χ4v) is 5.69. The quantitative estimate of drug-likeness (QED) is 0.435. The summed E-state index contributed by atoms with van der Waals surface area (Å²) in [5.41, 5.74) is 2.84. The Morgan fingerprint density at radius 1 is 1.18 bits per heavy atom. The molecule has 178 valence electrons. The number of carbonyl (C=O) groups is 3. The number of carboxylic acids is 1. The molecule has 1 saturated carbocycles. The van der Waals surface area contributed by atoms with Crippen molar-refractivity contribution < 1.29 is 27.9 Å². The average Bonchev–Trinajstić information content (AvgIpc) is 3.44. The zero-order valence-corrected chi connectivity index (χ0v) is 20.1. The van der Waals surface area contributed by atoms with Crippen LogP contribution in [-0.4, -0.2) is 41.8 Å². The van der Waals surface area contributed by atoms with Gasteiger partial charge in [-0.25, -0.2) is 18.1 Å². The van der Waals surface area contributed by atoms with E-state index in [1.807, 2.05) is 25.1 Å². The Kier molecular flexibility index (Phi) is 8.50. The third-order valence-corrected chi connectivity index (χ3v) is 7.87. The molecule has 0 unspecified atom stereocenters. The van der Waals surface area contributed by atoms with Gasteiger partial charge >= 0.3 is 5.97 Å². The van der Waals surface area contributed by atoms with E-state index in [9.17, 15) is 22.8 Å². The number of aromatic nitrogens is 1. The van der Waals surface area contributed by atoms with Crippen molar-refractivity contribution in [2.24, 2.45) is 5.92 Å². The molecule has 3 rings (SSSR count). The van der Waals surface area contributed by atoms with Crippen molar-refractivity contribution >= 4 is 38.9 Å². The maximum Gasteiger partial charge on any atom is 0.304 e. The molecule has 1 aromatic carbocycles. The molecule has 2 aromatic rings. The Bertz CT molecular complexity index is 1130. The van der Waals surface area contributed by atoms with Crippen molar-refractivity contribution in [3.05, 3.63) is 51.0 Å². The first kappa shape index (κ1) is 25.2.